The number of hydrogen-bond acceptors (Lipinski definition) is 1. The van der Waals surface area contributed by atoms with Gasteiger partial charge in [-0.1, -0.05) is 172 Å². The minimum atomic E-state index is -0.116. The molecule has 0 bridgehead atoms. The van der Waals surface area contributed by atoms with Gasteiger partial charge in [0.15, 0.2) is 0 Å². The van der Waals surface area contributed by atoms with Crippen LogP contribution in [0.1, 0.15) is 25.0 Å². The van der Waals surface area contributed by atoms with E-state index >= 15 is 0 Å². The van der Waals surface area contributed by atoms with Crippen molar-refractivity contribution in [1.82, 2.24) is 4.57 Å². The van der Waals surface area contributed by atoms with Gasteiger partial charge in [0.1, 0.15) is 0 Å². The lowest BCUT2D eigenvalue weighted by Crippen LogP contribution is -2.16. The first-order valence-corrected chi connectivity index (χ1v) is 22.8. The summed E-state index contributed by atoms with van der Waals surface area (Å²) in [6.45, 7) is 4.73. The molecule has 2 nitrogen and oxygen atoms in total. The van der Waals surface area contributed by atoms with Crippen LogP contribution in [-0.2, 0) is 5.41 Å². The topological polar surface area (TPSA) is 8.17 Å². The highest BCUT2D eigenvalue weighted by molar-refractivity contribution is 6.39. The van der Waals surface area contributed by atoms with Crippen LogP contribution in [0.25, 0.3) is 104 Å². The Kier molecular flexibility index (Phi) is 7.49. The lowest BCUT2D eigenvalue weighted by molar-refractivity contribution is 0.660. The molecule has 2 aliphatic carbocycles. The smallest absolute Gasteiger partial charge is 0.0554 e. The van der Waals surface area contributed by atoms with E-state index in [2.05, 4.69) is 242 Å². The van der Waals surface area contributed by atoms with E-state index in [9.17, 15) is 0 Å². The molecule has 65 heavy (non-hydrogen) atoms. The summed E-state index contributed by atoms with van der Waals surface area (Å²) in [5.41, 5.74) is 19.7. The molecule has 11 aromatic carbocycles. The van der Waals surface area contributed by atoms with Crippen molar-refractivity contribution in [3.05, 3.63) is 230 Å². The molecule has 0 radical (unpaired) electrons. The van der Waals surface area contributed by atoms with Crippen LogP contribution in [0.2, 0.25) is 0 Å². The second-order valence-electron chi connectivity index (χ2n) is 18.4. The van der Waals surface area contributed by atoms with Crippen molar-refractivity contribution < 1.29 is 0 Å². The second kappa shape index (κ2) is 13.4. The number of rotatable bonds is 6. The number of hydrogen-bond donors (Lipinski definition) is 0. The Morgan fingerprint density at radius 3 is 1.68 bits per heavy atom. The predicted octanol–water partition coefficient (Wildman–Crippen LogP) is 17.3. The fourth-order valence-corrected chi connectivity index (χ4v) is 11.7. The highest BCUT2D eigenvalue weighted by atomic mass is 15.1. The van der Waals surface area contributed by atoms with Gasteiger partial charge in [-0.2, -0.15) is 0 Å². The molecule has 0 saturated carbocycles. The molecule has 2 heteroatoms. The summed E-state index contributed by atoms with van der Waals surface area (Å²) in [5.74, 6) is 0. The van der Waals surface area contributed by atoms with Crippen molar-refractivity contribution >= 4 is 71.2 Å². The van der Waals surface area contributed by atoms with E-state index in [0.717, 1.165) is 17.1 Å². The van der Waals surface area contributed by atoms with Gasteiger partial charge in [-0.05, 0) is 138 Å². The molecule has 1 heterocycles. The molecule has 1 aromatic heterocycles. The average Bonchev–Trinajstić information content (AvgIpc) is 3.76. The van der Waals surface area contributed by atoms with Gasteiger partial charge in [0.25, 0.3) is 0 Å². The SMILES string of the molecule is CC1(C)c2ccccc2-c2ccc(N(c3ccc(-c4ccccc4)cc3)c3ccc(-c4cc5c6c7c(cccc47)-c4cccc7ccc8ccc(c6c8c47)n5-c4ccccc4)cc3)cc21. The van der Waals surface area contributed by atoms with E-state index in [4.69, 9.17) is 0 Å². The van der Waals surface area contributed by atoms with Crippen LogP contribution in [0.15, 0.2) is 218 Å². The third-order valence-electron chi connectivity index (χ3n) is 14.7. The summed E-state index contributed by atoms with van der Waals surface area (Å²) >= 11 is 0. The summed E-state index contributed by atoms with van der Waals surface area (Å²) in [7, 11) is 0. The maximum absolute atomic E-state index is 2.50. The first kappa shape index (κ1) is 36.3. The highest BCUT2D eigenvalue weighted by Crippen LogP contribution is 2.53. The summed E-state index contributed by atoms with van der Waals surface area (Å²) in [6.07, 6.45) is 0. The number of aromatic nitrogens is 1. The zero-order valence-corrected chi connectivity index (χ0v) is 36.2. The van der Waals surface area contributed by atoms with Gasteiger partial charge in [0, 0.05) is 49.7 Å². The molecule has 0 fully saturated rings. The molecule has 0 aliphatic heterocycles. The first-order valence-electron chi connectivity index (χ1n) is 22.8. The van der Waals surface area contributed by atoms with Gasteiger partial charge >= 0.3 is 0 Å². The van der Waals surface area contributed by atoms with Crippen LogP contribution >= 0.6 is 0 Å². The Hall–Kier alpha value is -8.20. The van der Waals surface area contributed by atoms with Gasteiger partial charge in [-0.15, -0.1) is 0 Å². The van der Waals surface area contributed by atoms with E-state index in [0.29, 0.717) is 0 Å². The lowest BCUT2D eigenvalue weighted by Gasteiger charge is -2.28. The van der Waals surface area contributed by atoms with Crippen molar-refractivity contribution in [2.45, 2.75) is 19.3 Å². The molecule has 0 amide bonds. The molecule has 14 rings (SSSR count). The van der Waals surface area contributed by atoms with Crippen molar-refractivity contribution in [1.29, 1.82) is 0 Å². The van der Waals surface area contributed by atoms with Crippen LogP contribution in [0.3, 0.4) is 0 Å². The maximum atomic E-state index is 2.50. The Labute approximate surface area is 377 Å². The third-order valence-corrected chi connectivity index (χ3v) is 14.7. The van der Waals surface area contributed by atoms with Crippen LogP contribution < -0.4 is 4.90 Å². The Morgan fingerprint density at radius 1 is 0.338 bits per heavy atom. The lowest BCUT2D eigenvalue weighted by atomic mass is 9.82. The molecule has 304 valence electrons. The zero-order chi connectivity index (χ0) is 43.0. The van der Waals surface area contributed by atoms with E-state index in [1.807, 2.05) is 0 Å². The fourth-order valence-electron chi connectivity index (χ4n) is 11.7. The number of nitrogens with zero attached hydrogens (tertiary/aromatic N) is 2. The summed E-state index contributed by atoms with van der Waals surface area (Å²) in [4.78, 5) is 2.43. The normalized spacial score (nSPS) is 13.2. The van der Waals surface area contributed by atoms with Crippen molar-refractivity contribution in [3.8, 4) is 50.2 Å². The molecule has 0 spiro atoms. The molecular formula is C63H42N2. The zero-order valence-electron chi connectivity index (χ0n) is 36.2. The van der Waals surface area contributed by atoms with Gasteiger partial charge in [-0.25, -0.2) is 0 Å². The fraction of sp³-hybridized carbons (Fsp3) is 0.0476. The van der Waals surface area contributed by atoms with Crippen molar-refractivity contribution in [2.24, 2.45) is 0 Å². The molecule has 0 unspecified atom stereocenters. The summed E-state index contributed by atoms with van der Waals surface area (Å²) in [5, 5.41) is 10.5. The van der Waals surface area contributed by atoms with E-state index in [-0.39, 0.29) is 5.41 Å². The van der Waals surface area contributed by atoms with Crippen LogP contribution in [0.5, 0.6) is 0 Å². The largest absolute Gasteiger partial charge is 0.310 e. The predicted molar refractivity (Wildman–Crippen MR) is 275 cm³/mol. The van der Waals surface area contributed by atoms with E-state index < -0.39 is 0 Å². The molecule has 12 aromatic rings. The van der Waals surface area contributed by atoms with Gasteiger partial charge in [0.05, 0.1) is 11.0 Å². The Balaban J connectivity index is 0.985. The van der Waals surface area contributed by atoms with Gasteiger partial charge in [0.2, 0.25) is 0 Å². The second-order valence-corrected chi connectivity index (χ2v) is 18.4. The van der Waals surface area contributed by atoms with E-state index in [1.54, 1.807) is 0 Å². The van der Waals surface area contributed by atoms with Gasteiger partial charge < -0.3 is 9.47 Å². The Bertz CT molecular complexity index is 3930. The molecule has 0 N–H and O–H groups in total. The van der Waals surface area contributed by atoms with E-state index in [1.165, 1.54) is 115 Å². The standard InChI is InChI=1S/C63H42N2/c1-63(2)54-22-10-9-18-48(54)49-35-34-47(37-55(49)63)64(45-30-25-40(26-31-45)39-13-5-3-6-14-39)46-32-27-41(28-33-46)53-38-57-62-60-51(20-12-21-52(53)60)50-19-11-15-42-23-24-43-29-36-56(61(62)59(43)58(42)50)65(57)44-16-7-4-8-17-44/h3-38H,1-2H3. The monoisotopic (exact) mass is 826 g/mol. The maximum Gasteiger partial charge on any atom is 0.0554 e. The third kappa shape index (κ3) is 5.11. The highest BCUT2D eigenvalue weighted by Gasteiger charge is 2.36. The molecule has 0 saturated heterocycles. The van der Waals surface area contributed by atoms with Crippen molar-refractivity contribution in [2.75, 3.05) is 4.90 Å². The quantitative estimate of drug-likeness (QED) is 0.152. The summed E-state index contributed by atoms with van der Waals surface area (Å²) in [6, 6.07) is 81.4. The van der Waals surface area contributed by atoms with Gasteiger partial charge in [-0.3, -0.25) is 0 Å². The van der Waals surface area contributed by atoms with Crippen LogP contribution in [0, 0.1) is 0 Å². The number of anilines is 3. The molecular weight excluding hydrogens is 785 g/mol. The average molecular weight is 827 g/mol. The minimum absolute atomic E-state index is 0.116. The Morgan fingerprint density at radius 2 is 0.908 bits per heavy atom. The number of fused-ring (bicyclic) bond motifs is 4. The molecule has 2 aliphatic rings. The molecule has 0 atom stereocenters. The van der Waals surface area contributed by atoms with Crippen LogP contribution in [0.4, 0.5) is 17.1 Å². The first-order chi connectivity index (χ1) is 32.0. The number of benzene rings is 11. The summed E-state index contributed by atoms with van der Waals surface area (Å²) < 4.78 is 2.50. The number of para-hydroxylation sites is 1. The van der Waals surface area contributed by atoms with Crippen molar-refractivity contribution in [3.63, 3.8) is 0 Å². The van der Waals surface area contributed by atoms with Crippen LogP contribution in [-0.4, -0.2) is 4.57 Å². The minimum Gasteiger partial charge on any atom is -0.310 e.